The lowest BCUT2D eigenvalue weighted by Gasteiger charge is -2.29. The van der Waals surface area contributed by atoms with Gasteiger partial charge in [-0.2, -0.15) is 0 Å². The number of fused-ring (bicyclic) bond motifs is 1. The van der Waals surface area contributed by atoms with Crippen molar-refractivity contribution in [2.24, 2.45) is 5.73 Å². The molecule has 1 aliphatic rings. The average molecular weight is 247 g/mol. The van der Waals surface area contributed by atoms with Crippen LogP contribution in [0.25, 0.3) is 0 Å². The molecule has 0 fully saturated rings. The first-order chi connectivity index (χ1) is 8.58. The molecule has 2 N–H and O–H groups in total. The first kappa shape index (κ1) is 13.4. The van der Waals surface area contributed by atoms with Gasteiger partial charge < -0.3 is 10.6 Å². The van der Waals surface area contributed by atoms with E-state index >= 15 is 0 Å². The summed E-state index contributed by atoms with van der Waals surface area (Å²) in [5.74, 6) is 0. The Bertz CT molecular complexity index is 414. The van der Waals surface area contributed by atoms with E-state index in [1.807, 2.05) is 0 Å². The van der Waals surface area contributed by atoms with Crippen LogP contribution in [0.3, 0.4) is 0 Å². The van der Waals surface area contributed by atoms with Gasteiger partial charge in [0.2, 0.25) is 0 Å². The van der Waals surface area contributed by atoms with Crippen molar-refractivity contribution in [3.05, 3.63) is 29.3 Å². The van der Waals surface area contributed by atoms with Gasteiger partial charge >= 0.3 is 0 Å². The Hall–Kier alpha value is -1.06. The van der Waals surface area contributed by atoms with Gasteiger partial charge in [-0.05, 0) is 36.6 Å². The Balaban J connectivity index is 2.33. The zero-order chi connectivity index (χ0) is 13.3. The molecular weight excluding hydrogens is 222 g/mol. The van der Waals surface area contributed by atoms with Crippen molar-refractivity contribution >= 4 is 5.69 Å². The number of nitrogens with zero attached hydrogens (tertiary/aromatic N) is 2. The van der Waals surface area contributed by atoms with E-state index in [-0.39, 0.29) is 0 Å². The normalized spacial score (nSPS) is 20.8. The third kappa shape index (κ3) is 2.25. The summed E-state index contributed by atoms with van der Waals surface area (Å²) < 4.78 is 0. The molecule has 0 aromatic heterocycles. The van der Waals surface area contributed by atoms with E-state index in [0.29, 0.717) is 18.6 Å². The second-order valence-corrected chi connectivity index (χ2v) is 5.46. The number of anilines is 1. The van der Waals surface area contributed by atoms with Crippen molar-refractivity contribution in [3.63, 3.8) is 0 Å². The number of benzene rings is 1. The highest BCUT2D eigenvalue weighted by atomic mass is 15.2. The molecule has 1 heterocycles. The Morgan fingerprint density at radius 2 is 2.17 bits per heavy atom. The van der Waals surface area contributed by atoms with Gasteiger partial charge in [0.25, 0.3) is 0 Å². The number of nitrogens with two attached hydrogens (primary N) is 1. The van der Waals surface area contributed by atoms with Gasteiger partial charge in [0, 0.05) is 45.0 Å². The standard InChI is InChI=1S/C15H25N3/c1-5-11(2)18-10-12-6-7-13(17(3)4)8-14(12)15(18)9-16/h6-8,11,15H,5,9-10,16H2,1-4H3. The highest BCUT2D eigenvalue weighted by Crippen LogP contribution is 2.37. The van der Waals surface area contributed by atoms with Crippen molar-refractivity contribution in [2.45, 2.75) is 38.9 Å². The fraction of sp³-hybridized carbons (Fsp3) is 0.600. The topological polar surface area (TPSA) is 32.5 Å². The number of rotatable bonds is 4. The number of hydrogen-bond acceptors (Lipinski definition) is 3. The number of hydrogen-bond donors (Lipinski definition) is 1. The van der Waals surface area contributed by atoms with Crippen LogP contribution < -0.4 is 10.6 Å². The molecule has 100 valence electrons. The Labute approximate surface area is 111 Å². The molecule has 0 spiro atoms. The maximum Gasteiger partial charge on any atom is 0.0480 e. The van der Waals surface area contributed by atoms with E-state index in [4.69, 9.17) is 5.73 Å². The minimum absolute atomic E-state index is 0.384. The highest BCUT2D eigenvalue weighted by molar-refractivity contribution is 5.52. The molecular formula is C15H25N3. The molecule has 1 aliphatic heterocycles. The van der Waals surface area contributed by atoms with Gasteiger partial charge in [0.05, 0.1) is 0 Å². The van der Waals surface area contributed by atoms with Gasteiger partial charge in [0.15, 0.2) is 0 Å². The van der Waals surface area contributed by atoms with E-state index < -0.39 is 0 Å². The van der Waals surface area contributed by atoms with Gasteiger partial charge in [-0.1, -0.05) is 13.0 Å². The van der Waals surface area contributed by atoms with Crippen LogP contribution in [0.4, 0.5) is 5.69 Å². The van der Waals surface area contributed by atoms with Crippen molar-refractivity contribution in [3.8, 4) is 0 Å². The van der Waals surface area contributed by atoms with Crippen LogP contribution in [-0.4, -0.2) is 31.6 Å². The Kier molecular flexibility index (Phi) is 3.93. The van der Waals surface area contributed by atoms with Gasteiger partial charge in [-0.3, -0.25) is 4.90 Å². The van der Waals surface area contributed by atoms with E-state index in [1.165, 1.54) is 23.2 Å². The lowest BCUT2D eigenvalue weighted by molar-refractivity contribution is 0.157. The summed E-state index contributed by atoms with van der Waals surface area (Å²) in [5.41, 5.74) is 10.1. The van der Waals surface area contributed by atoms with E-state index in [9.17, 15) is 0 Å². The molecule has 0 radical (unpaired) electrons. The van der Waals surface area contributed by atoms with Crippen molar-refractivity contribution < 1.29 is 0 Å². The quantitative estimate of drug-likeness (QED) is 0.886. The first-order valence-corrected chi connectivity index (χ1v) is 6.84. The third-order valence-corrected chi connectivity index (χ3v) is 4.14. The predicted molar refractivity (Wildman–Crippen MR) is 77.9 cm³/mol. The fourth-order valence-electron chi connectivity index (χ4n) is 2.76. The molecule has 18 heavy (non-hydrogen) atoms. The summed E-state index contributed by atoms with van der Waals surface area (Å²) in [6.07, 6.45) is 1.17. The molecule has 0 saturated heterocycles. The molecule has 2 atom stereocenters. The Morgan fingerprint density at radius 1 is 1.44 bits per heavy atom. The van der Waals surface area contributed by atoms with Crippen molar-refractivity contribution in [1.82, 2.24) is 4.90 Å². The van der Waals surface area contributed by atoms with Crippen LogP contribution in [-0.2, 0) is 6.54 Å². The molecule has 1 aromatic rings. The van der Waals surface area contributed by atoms with Gasteiger partial charge in [0.1, 0.15) is 0 Å². The van der Waals surface area contributed by atoms with Crippen molar-refractivity contribution in [2.75, 3.05) is 25.5 Å². The lowest BCUT2D eigenvalue weighted by Crippen LogP contribution is -2.34. The summed E-state index contributed by atoms with van der Waals surface area (Å²) in [6.45, 7) is 6.28. The third-order valence-electron chi connectivity index (χ3n) is 4.14. The van der Waals surface area contributed by atoms with Crippen LogP contribution >= 0.6 is 0 Å². The molecule has 3 heteroatoms. The van der Waals surface area contributed by atoms with Crippen molar-refractivity contribution in [1.29, 1.82) is 0 Å². The maximum absolute atomic E-state index is 6.00. The molecule has 0 amide bonds. The van der Waals surface area contributed by atoms with Crippen LogP contribution in [0.2, 0.25) is 0 Å². The molecule has 2 rings (SSSR count). The summed E-state index contributed by atoms with van der Waals surface area (Å²) >= 11 is 0. The summed E-state index contributed by atoms with van der Waals surface area (Å²) in [7, 11) is 4.17. The fourth-order valence-corrected chi connectivity index (χ4v) is 2.76. The maximum atomic E-state index is 6.00. The first-order valence-electron chi connectivity index (χ1n) is 6.84. The molecule has 3 nitrogen and oxygen atoms in total. The minimum Gasteiger partial charge on any atom is -0.378 e. The predicted octanol–water partition coefficient (Wildman–Crippen LogP) is 2.37. The minimum atomic E-state index is 0.384. The molecule has 2 unspecified atom stereocenters. The largest absolute Gasteiger partial charge is 0.378 e. The molecule has 0 aliphatic carbocycles. The molecule has 0 saturated carbocycles. The monoisotopic (exact) mass is 247 g/mol. The van der Waals surface area contributed by atoms with Gasteiger partial charge in [-0.15, -0.1) is 0 Å². The second-order valence-electron chi connectivity index (χ2n) is 5.46. The second kappa shape index (κ2) is 5.29. The zero-order valence-electron chi connectivity index (χ0n) is 12.0. The van der Waals surface area contributed by atoms with Crippen LogP contribution in [0.15, 0.2) is 18.2 Å². The van der Waals surface area contributed by atoms with E-state index in [2.05, 4.69) is 55.9 Å². The Morgan fingerprint density at radius 3 is 2.72 bits per heavy atom. The molecule has 1 aromatic carbocycles. The van der Waals surface area contributed by atoms with Crippen LogP contribution in [0, 0.1) is 0 Å². The summed E-state index contributed by atoms with van der Waals surface area (Å²) in [5, 5.41) is 0. The lowest BCUT2D eigenvalue weighted by atomic mass is 10.0. The highest BCUT2D eigenvalue weighted by Gasteiger charge is 2.31. The SMILES string of the molecule is CCC(C)N1Cc2ccc(N(C)C)cc2C1CN. The van der Waals surface area contributed by atoms with Gasteiger partial charge in [-0.25, -0.2) is 0 Å². The van der Waals surface area contributed by atoms with E-state index in [1.54, 1.807) is 0 Å². The smallest absolute Gasteiger partial charge is 0.0480 e. The van der Waals surface area contributed by atoms with Crippen LogP contribution in [0.5, 0.6) is 0 Å². The van der Waals surface area contributed by atoms with Crippen LogP contribution in [0.1, 0.15) is 37.4 Å². The summed E-state index contributed by atoms with van der Waals surface area (Å²) in [4.78, 5) is 4.68. The van der Waals surface area contributed by atoms with E-state index in [0.717, 1.165) is 6.54 Å². The summed E-state index contributed by atoms with van der Waals surface area (Å²) in [6, 6.07) is 7.74. The zero-order valence-corrected chi connectivity index (χ0v) is 12.0. The molecule has 0 bridgehead atoms. The average Bonchev–Trinajstić information content (AvgIpc) is 2.74.